The number of benzene rings is 2. The molecule has 0 radical (unpaired) electrons. The van der Waals surface area contributed by atoms with Crippen molar-refractivity contribution in [3.8, 4) is 11.1 Å². The van der Waals surface area contributed by atoms with E-state index in [-0.39, 0.29) is 5.41 Å². The highest BCUT2D eigenvalue weighted by atomic mass is 79.9. The summed E-state index contributed by atoms with van der Waals surface area (Å²) in [6, 6.07) is 17.0. The Morgan fingerprint density at radius 1 is 0.765 bits per heavy atom. The molecule has 2 rings (SSSR count). The van der Waals surface area contributed by atoms with Crippen LogP contribution in [0.1, 0.15) is 26.3 Å². The van der Waals surface area contributed by atoms with E-state index in [0.717, 1.165) is 4.47 Å². The first-order valence-electron chi connectivity index (χ1n) is 5.84. The van der Waals surface area contributed by atoms with Crippen molar-refractivity contribution in [2.24, 2.45) is 0 Å². The summed E-state index contributed by atoms with van der Waals surface area (Å²) in [5.74, 6) is 0. The van der Waals surface area contributed by atoms with Crippen molar-refractivity contribution in [2.45, 2.75) is 26.2 Å². The molecule has 0 heterocycles. The average Bonchev–Trinajstić information content (AvgIpc) is 2.28. The zero-order valence-corrected chi connectivity index (χ0v) is 12.1. The van der Waals surface area contributed by atoms with Gasteiger partial charge in [-0.1, -0.05) is 79.2 Å². The lowest BCUT2D eigenvalue weighted by atomic mass is 9.82. The van der Waals surface area contributed by atoms with E-state index in [1.165, 1.54) is 16.7 Å². The molecule has 1 heteroatoms. The standard InChI is InChI=1S/C16H17Br/c1-16(2,3)14-10-6-4-8-12(14)13-9-5-7-11-15(13)17/h4-11H,1-3H3. The van der Waals surface area contributed by atoms with Crippen LogP contribution < -0.4 is 0 Å². The van der Waals surface area contributed by atoms with E-state index in [1.54, 1.807) is 0 Å². The monoisotopic (exact) mass is 288 g/mol. The smallest absolute Gasteiger partial charge is 0.0253 e. The summed E-state index contributed by atoms with van der Waals surface area (Å²) in [6.07, 6.45) is 0. The van der Waals surface area contributed by atoms with Crippen LogP contribution in [0.3, 0.4) is 0 Å². The first-order valence-corrected chi connectivity index (χ1v) is 6.64. The molecule has 0 aliphatic carbocycles. The first-order chi connectivity index (χ1) is 8.00. The summed E-state index contributed by atoms with van der Waals surface area (Å²) in [5.41, 5.74) is 4.11. The second-order valence-electron chi connectivity index (χ2n) is 5.28. The van der Waals surface area contributed by atoms with E-state index >= 15 is 0 Å². The van der Waals surface area contributed by atoms with Crippen LogP contribution in [0, 0.1) is 0 Å². The first kappa shape index (κ1) is 12.4. The minimum absolute atomic E-state index is 0.159. The van der Waals surface area contributed by atoms with E-state index in [4.69, 9.17) is 0 Å². The molecule has 0 unspecified atom stereocenters. The third-order valence-corrected chi connectivity index (χ3v) is 3.59. The van der Waals surface area contributed by atoms with E-state index in [2.05, 4.69) is 79.2 Å². The van der Waals surface area contributed by atoms with Crippen LogP contribution in [-0.2, 0) is 5.41 Å². The van der Waals surface area contributed by atoms with E-state index < -0.39 is 0 Å². The van der Waals surface area contributed by atoms with Gasteiger partial charge in [0.25, 0.3) is 0 Å². The van der Waals surface area contributed by atoms with Crippen molar-refractivity contribution in [2.75, 3.05) is 0 Å². The third kappa shape index (κ3) is 2.61. The van der Waals surface area contributed by atoms with Crippen molar-refractivity contribution >= 4 is 15.9 Å². The molecule has 0 saturated heterocycles. The zero-order chi connectivity index (χ0) is 12.5. The lowest BCUT2D eigenvalue weighted by Crippen LogP contribution is -2.12. The Kier molecular flexibility index (Phi) is 3.39. The minimum Gasteiger partial charge on any atom is -0.0619 e. The lowest BCUT2D eigenvalue weighted by Gasteiger charge is -2.23. The maximum absolute atomic E-state index is 3.63. The zero-order valence-electron chi connectivity index (χ0n) is 10.5. The number of hydrogen-bond donors (Lipinski definition) is 0. The molecule has 0 nitrogen and oxygen atoms in total. The van der Waals surface area contributed by atoms with E-state index in [1.807, 2.05) is 6.07 Å². The van der Waals surface area contributed by atoms with Gasteiger partial charge >= 0.3 is 0 Å². The van der Waals surface area contributed by atoms with Crippen LogP contribution in [-0.4, -0.2) is 0 Å². The van der Waals surface area contributed by atoms with Gasteiger partial charge in [0.05, 0.1) is 0 Å². The Balaban J connectivity index is 2.65. The van der Waals surface area contributed by atoms with E-state index in [9.17, 15) is 0 Å². The Morgan fingerprint density at radius 3 is 1.88 bits per heavy atom. The highest BCUT2D eigenvalue weighted by Gasteiger charge is 2.18. The quantitative estimate of drug-likeness (QED) is 0.658. The van der Waals surface area contributed by atoms with Crippen LogP contribution in [0.5, 0.6) is 0 Å². The molecule has 17 heavy (non-hydrogen) atoms. The SMILES string of the molecule is CC(C)(C)c1ccccc1-c1ccccc1Br. The number of halogens is 1. The fourth-order valence-electron chi connectivity index (χ4n) is 2.05. The summed E-state index contributed by atoms with van der Waals surface area (Å²) in [4.78, 5) is 0. The fraction of sp³-hybridized carbons (Fsp3) is 0.250. The molecule has 0 aliphatic rings. The molecule has 0 bridgehead atoms. The molecule has 88 valence electrons. The van der Waals surface area contributed by atoms with Gasteiger partial charge in [0.2, 0.25) is 0 Å². The van der Waals surface area contributed by atoms with Crippen molar-refractivity contribution < 1.29 is 0 Å². The van der Waals surface area contributed by atoms with Crippen LogP contribution in [0.25, 0.3) is 11.1 Å². The average molecular weight is 289 g/mol. The Bertz CT molecular complexity index is 521. The maximum atomic E-state index is 3.63. The number of rotatable bonds is 1. The van der Waals surface area contributed by atoms with Crippen molar-refractivity contribution in [3.63, 3.8) is 0 Å². The Morgan fingerprint density at radius 2 is 1.29 bits per heavy atom. The van der Waals surface area contributed by atoms with Crippen LogP contribution >= 0.6 is 15.9 Å². The summed E-state index contributed by atoms with van der Waals surface area (Å²) in [7, 11) is 0. The van der Waals surface area contributed by atoms with Gasteiger partial charge in [0.15, 0.2) is 0 Å². The molecule has 0 spiro atoms. The van der Waals surface area contributed by atoms with Gasteiger partial charge in [-0.15, -0.1) is 0 Å². The predicted octanol–water partition coefficient (Wildman–Crippen LogP) is 5.41. The van der Waals surface area contributed by atoms with Crippen molar-refractivity contribution in [1.29, 1.82) is 0 Å². The summed E-state index contributed by atoms with van der Waals surface area (Å²) >= 11 is 3.63. The molecular weight excluding hydrogens is 272 g/mol. The summed E-state index contributed by atoms with van der Waals surface area (Å²) in [5, 5.41) is 0. The van der Waals surface area contributed by atoms with Gasteiger partial charge in [0, 0.05) is 4.47 Å². The molecule has 0 saturated carbocycles. The van der Waals surface area contributed by atoms with E-state index in [0.29, 0.717) is 0 Å². The Hall–Kier alpha value is -1.08. The lowest BCUT2D eigenvalue weighted by molar-refractivity contribution is 0.592. The topological polar surface area (TPSA) is 0 Å². The van der Waals surface area contributed by atoms with Gasteiger partial charge in [-0.25, -0.2) is 0 Å². The van der Waals surface area contributed by atoms with Crippen LogP contribution in [0.4, 0.5) is 0 Å². The Labute approximate surface area is 112 Å². The molecule has 0 amide bonds. The van der Waals surface area contributed by atoms with Gasteiger partial charge in [0.1, 0.15) is 0 Å². The minimum atomic E-state index is 0.159. The largest absolute Gasteiger partial charge is 0.0619 e. The molecule has 0 atom stereocenters. The summed E-state index contributed by atoms with van der Waals surface area (Å²) in [6.45, 7) is 6.76. The van der Waals surface area contributed by atoms with Gasteiger partial charge in [-0.2, -0.15) is 0 Å². The normalized spacial score (nSPS) is 11.5. The van der Waals surface area contributed by atoms with Gasteiger partial charge in [-0.3, -0.25) is 0 Å². The van der Waals surface area contributed by atoms with Crippen LogP contribution in [0.15, 0.2) is 53.0 Å². The molecular formula is C16H17Br. The highest BCUT2D eigenvalue weighted by molar-refractivity contribution is 9.10. The summed E-state index contributed by atoms with van der Waals surface area (Å²) < 4.78 is 1.15. The number of hydrogen-bond acceptors (Lipinski definition) is 0. The van der Waals surface area contributed by atoms with Gasteiger partial charge < -0.3 is 0 Å². The molecule has 0 aliphatic heterocycles. The molecule has 0 N–H and O–H groups in total. The van der Waals surface area contributed by atoms with Gasteiger partial charge in [-0.05, 0) is 28.2 Å². The third-order valence-electron chi connectivity index (χ3n) is 2.90. The second-order valence-corrected chi connectivity index (χ2v) is 6.13. The molecule has 0 aromatic heterocycles. The van der Waals surface area contributed by atoms with Crippen molar-refractivity contribution in [3.05, 3.63) is 58.6 Å². The fourth-order valence-corrected chi connectivity index (χ4v) is 2.55. The molecule has 2 aromatic carbocycles. The molecule has 2 aromatic rings. The highest BCUT2D eigenvalue weighted by Crippen LogP contribution is 2.36. The van der Waals surface area contributed by atoms with Crippen LogP contribution in [0.2, 0.25) is 0 Å². The molecule has 0 fully saturated rings. The maximum Gasteiger partial charge on any atom is 0.0253 e. The predicted molar refractivity (Wildman–Crippen MR) is 78.3 cm³/mol. The second kappa shape index (κ2) is 4.66. The van der Waals surface area contributed by atoms with Crippen molar-refractivity contribution in [1.82, 2.24) is 0 Å².